The van der Waals surface area contributed by atoms with Crippen LogP contribution in [0.2, 0.25) is 5.02 Å². The Balaban J connectivity index is 1.94. The molecule has 3 aromatic rings. The van der Waals surface area contributed by atoms with Crippen LogP contribution in [0, 0.1) is 40.5 Å². The summed E-state index contributed by atoms with van der Waals surface area (Å²) in [5, 5.41) is 11.4. The second-order valence-corrected chi connectivity index (χ2v) is 8.78. The average molecular weight is 413 g/mol. The van der Waals surface area contributed by atoms with E-state index in [0.29, 0.717) is 5.92 Å². The van der Waals surface area contributed by atoms with Gasteiger partial charge in [0.15, 0.2) is 5.65 Å². The maximum absolute atomic E-state index is 9.49. The Labute approximate surface area is 177 Å². The number of aliphatic hydroxyl groups excluding tert-OH is 1. The zero-order valence-electron chi connectivity index (χ0n) is 17.9. The number of aromatic nitrogens is 3. The molecule has 1 aliphatic rings. The largest absolute Gasteiger partial charge is 0.396 e. The van der Waals surface area contributed by atoms with Gasteiger partial charge in [-0.2, -0.15) is 0 Å². The predicted octanol–water partition coefficient (Wildman–Crippen LogP) is 4.82. The zero-order chi connectivity index (χ0) is 20.9. The minimum atomic E-state index is 0.273. The van der Waals surface area contributed by atoms with E-state index in [-0.39, 0.29) is 6.61 Å². The number of hydrogen-bond acceptors (Lipinski definition) is 4. The lowest BCUT2D eigenvalue weighted by molar-refractivity contribution is 0.203. The summed E-state index contributed by atoms with van der Waals surface area (Å²) in [6.07, 6.45) is 1.99. The van der Waals surface area contributed by atoms with Crippen molar-refractivity contribution in [1.29, 1.82) is 0 Å². The van der Waals surface area contributed by atoms with Crippen molar-refractivity contribution >= 4 is 28.5 Å². The lowest BCUT2D eigenvalue weighted by atomic mass is 9.97. The molecule has 0 atom stereocenters. The molecule has 0 amide bonds. The Morgan fingerprint density at radius 1 is 1.03 bits per heavy atom. The van der Waals surface area contributed by atoms with Gasteiger partial charge >= 0.3 is 0 Å². The van der Waals surface area contributed by atoms with Crippen LogP contribution in [0.3, 0.4) is 0 Å². The third kappa shape index (κ3) is 3.40. The second kappa shape index (κ2) is 7.62. The standard InChI is InChI=1S/C23H29ClN4O/c1-13-10-19(24)11-14(2)21(13)28-16(4)15(3)20-22(25-17(5)26-23(20)28)27-8-6-18(12-29)7-9-27/h10-11,18,29H,6-9,12H2,1-5H3. The summed E-state index contributed by atoms with van der Waals surface area (Å²) >= 11 is 6.29. The average Bonchev–Trinajstić information content (AvgIpc) is 2.92. The normalized spacial score (nSPS) is 15.5. The highest BCUT2D eigenvalue weighted by Crippen LogP contribution is 2.37. The molecule has 29 heavy (non-hydrogen) atoms. The van der Waals surface area contributed by atoms with Crippen LogP contribution >= 0.6 is 11.6 Å². The number of benzene rings is 1. The number of fused-ring (bicyclic) bond motifs is 1. The van der Waals surface area contributed by atoms with Gasteiger partial charge in [0, 0.05) is 30.4 Å². The summed E-state index contributed by atoms with van der Waals surface area (Å²) in [6, 6.07) is 4.03. The first kappa shape index (κ1) is 20.2. The Morgan fingerprint density at radius 3 is 2.24 bits per heavy atom. The molecular formula is C23H29ClN4O. The summed E-state index contributed by atoms with van der Waals surface area (Å²) in [4.78, 5) is 12.1. The van der Waals surface area contributed by atoms with Crippen LogP contribution in [0.15, 0.2) is 12.1 Å². The molecule has 0 saturated carbocycles. The van der Waals surface area contributed by atoms with Crippen LogP contribution in [0.5, 0.6) is 0 Å². The third-order valence-corrected chi connectivity index (χ3v) is 6.52. The first-order valence-corrected chi connectivity index (χ1v) is 10.7. The van der Waals surface area contributed by atoms with Gasteiger partial charge in [-0.1, -0.05) is 11.6 Å². The van der Waals surface area contributed by atoms with Crippen LogP contribution in [-0.2, 0) is 0 Å². The van der Waals surface area contributed by atoms with Gasteiger partial charge in [-0.05, 0) is 82.2 Å². The van der Waals surface area contributed by atoms with E-state index in [1.54, 1.807) is 0 Å². The highest BCUT2D eigenvalue weighted by molar-refractivity contribution is 6.30. The zero-order valence-corrected chi connectivity index (χ0v) is 18.6. The van der Waals surface area contributed by atoms with Gasteiger partial charge in [0.05, 0.1) is 11.1 Å². The van der Waals surface area contributed by atoms with Gasteiger partial charge in [-0.15, -0.1) is 0 Å². The highest BCUT2D eigenvalue weighted by Gasteiger charge is 2.26. The van der Waals surface area contributed by atoms with Gasteiger partial charge in [0.2, 0.25) is 0 Å². The Bertz CT molecular complexity index is 1060. The summed E-state index contributed by atoms with van der Waals surface area (Å²) < 4.78 is 2.27. The molecular weight excluding hydrogens is 384 g/mol. The fourth-order valence-corrected chi connectivity index (χ4v) is 4.96. The molecule has 6 heteroatoms. The quantitative estimate of drug-likeness (QED) is 0.669. The molecule has 5 nitrogen and oxygen atoms in total. The number of aryl methyl sites for hydroxylation is 4. The third-order valence-electron chi connectivity index (χ3n) is 6.30. The van der Waals surface area contributed by atoms with Crippen LogP contribution < -0.4 is 4.90 Å². The van der Waals surface area contributed by atoms with Crippen molar-refractivity contribution in [3.63, 3.8) is 0 Å². The molecule has 1 aromatic carbocycles. The fraction of sp³-hybridized carbons (Fsp3) is 0.478. The maximum Gasteiger partial charge on any atom is 0.150 e. The molecule has 1 N–H and O–H groups in total. The summed E-state index contributed by atoms with van der Waals surface area (Å²) in [6.45, 7) is 12.6. The minimum Gasteiger partial charge on any atom is -0.396 e. The summed E-state index contributed by atoms with van der Waals surface area (Å²) in [5.41, 5.74) is 6.77. The summed E-state index contributed by atoms with van der Waals surface area (Å²) in [7, 11) is 0. The van der Waals surface area contributed by atoms with E-state index < -0.39 is 0 Å². The van der Waals surface area contributed by atoms with Crippen molar-refractivity contribution in [1.82, 2.24) is 14.5 Å². The van der Waals surface area contributed by atoms with Crippen LogP contribution in [0.4, 0.5) is 5.82 Å². The minimum absolute atomic E-state index is 0.273. The molecule has 1 aliphatic heterocycles. The van der Waals surface area contributed by atoms with E-state index in [2.05, 4.69) is 37.2 Å². The van der Waals surface area contributed by atoms with E-state index in [0.717, 1.165) is 70.4 Å². The van der Waals surface area contributed by atoms with Crippen molar-refractivity contribution in [2.45, 2.75) is 47.5 Å². The topological polar surface area (TPSA) is 54.2 Å². The number of hydrogen-bond donors (Lipinski definition) is 1. The van der Waals surface area contributed by atoms with Crippen molar-refractivity contribution in [3.8, 4) is 5.69 Å². The highest BCUT2D eigenvalue weighted by atomic mass is 35.5. The maximum atomic E-state index is 9.49. The molecule has 0 radical (unpaired) electrons. The van der Waals surface area contributed by atoms with Crippen molar-refractivity contribution < 1.29 is 5.11 Å². The van der Waals surface area contributed by atoms with Gasteiger partial charge in [0.1, 0.15) is 11.6 Å². The number of nitrogens with zero attached hydrogens (tertiary/aromatic N) is 4. The molecule has 4 rings (SSSR count). The van der Waals surface area contributed by atoms with Crippen LogP contribution in [-0.4, -0.2) is 39.3 Å². The Morgan fingerprint density at radius 2 is 1.66 bits per heavy atom. The second-order valence-electron chi connectivity index (χ2n) is 8.34. The molecule has 3 heterocycles. The Kier molecular flexibility index (Phi) is 5.30. The molecule has 0 bridgehead atoms. The lowest BCUT2D eigenvalue weighted by Gasteiger charge is -2.32. The van der Waals surface area contributed by atoms with Crippen molar-refractivity contribution in [2.24, 2.45) is 5.92 Å². The number of aliphatic hydroxyl groups is 1. The monoisotopic (exact) mass is 412 g/mol. The fourth-order valence-electron chi connectivity index (χ4n) is 4.63. The van der Waals surface area contributed by atoms with Crippen LogP contribution in [0.1, 0.15) is 41.1 Å². The molecule has 154 valence electrons. The van der Waals surface area contributed by atoms with E-state index in [1.165, 1.54) is 11.3 Å². The molecule has 1 saturated heterocycles. The van der Waals surface area contributed by atoms with Crippen molar-refractivity contribution in [3.05, 3.63) is 45.4 Å². The van der Waals surface area contributed by atoms with Gasteiger partial charge in [0.25, 0.3) is 0 Å². The molecule has 0 aliphatic carbocycles. The smallest absolute Gasteiger partial charge is 0.150 e. The first-order chi connectivity index (χ1) is 13.8. The molecule has 2 aromatic heterocycles. The molecule has 1 fully saturated rings. The van der Waals surface area contributed by atoms with Gasteiger partial charge in [-0.3, -0.25) is 4.57 Å². The number of piperidine rings is 1. The van der Waals surface area contributed by atoms with E-state index in [9.17, 15) is 5.11 Å². The summed E-state index contributed by atoms with van der Waals surface area (Å²) in [5.74, 6) is 2.20. The van der Waals surface area contributed by atoms with E-state index in [1.807, 2.05) is 19.1 Å². The molecule has 0 unspecified atom stereocenters. The lowest BCUT2D eigenvalue weighted by Crippen LogP contribution is -2.35. The molecule has 0 spiro atoms. The predicted molar refractivity (Wildman–Crippen MR) is 120 cm³/mol. The SMILES string of the molecule is Cc1nc(N2CCC(CO)CC2)c2c(C)c(C)n(-c3c(C)cc(Cl)cc3C)c2n1. The number of anilines is 1. The van der Waals surface area contributed by atoms with E-state index in [4.69, 9.17) is 21.6 Å². The van der Waals surface area contributed by atoms with Crippen molar-refractivity contribution in [2.75, 3.05) is 24.6 Å². The van der Waals surface area contributed by atoms with Crippen LogP contribution in [0.25, 0.3) is 16.7 Å². The Hall–Kier alpha value is -2.11. The van der Waals surface area contributed by atoms with E-state index >= 15 is 0 Å². The van der Waals surface area contributed by atoms with Gasteiger partial charge in [-0.25, -0.2) is 9.97 Å². The first-order valence-electron chi connectivity index (χ1n) is 10.3. The number of halogens is 1. The van der Waals surface area contributed by atoms with Gasteiger partial charge < -0.3 is 10.0 Å². The number of rotatable bonds is 3.